The van der Waals surface area contributed by atoms with E-state index in [9.17, 15) is 23.3 Å². The molecule has 0 aromatic heterocycles. The number of halogens is 1. The first-order chi connectivity index (χ1) is 13.6. The number of aliphatic hydroxyl groups is 1. The van der Waals surface area contributed by atoms with Gasteiger partial charge in [-0.05, 0) is 12.5 Å². The number of Topliss-reactive ketones (excluding diaryl/α,β-unsaturated/α-hetero) is 1. The average molecular weight is 500 g/mol. The molecule has 1 rings (SSSR count). The Balaban J connectivity index is 3.49. The maximum absolute atomic E-state index is 12.7. The van der Waals surface area contributed by atoms with Crippen LogP contribution in [0, 0.1) is 10.1 Å². The molecule has 0 aliphatic rings. The van der Waals surface area contributed by atoms with E-state index in [1.807, 2.05) is 5.48 Å². The van der Waals surface area contributed by atoms with Gasteiger partial charge >= 0.3 is 0 Å². The van der Waals surface area contributed by atoms with E-state index >= 15 is 0 Å². The molecule has 29 heavy (non-hydrogen) atoms. The number of hydrogen-bond donors (Lipinski definition) is 3. The number of carbonyl (C=O) groups excluding carboxylic acids is 1. The molecular formula is C15H22BrN3O9S. The van der Waals surface area contributed by atoms with Gasteiger partial charge in [0.05, 0.1) is 29.0 Å². The molecule has 1 aromatic carbocycles. The minimum absolute atomic E-state index is 0.0296. The number of nitrogens with zero attached hydrogens (tertiary/aromatic N) is 2. The Kier molecular flexibility index (Phi) is 10.4. The number of ketones is 1. The fourth-order valence-corrected chi connectivity index (χ4v) is 3.33. The van der Waals surface area contributed by atoms with Gasteiger partial charge in [-0.2, -0.15) is 8.42 Å². The molecule has 12 nitrogen and oxygen atoms in total. The van der Waals surface area contributed by atoms with Gasteiger partial charge in [0.15, 0.2) is 5.78 Å². The Bertz CT molecular complexity index is 819. The van der Waals surface area contributed by atoms with Crippen LogP contribution < -0.4 is 10.4 Å². The monoisotopic (exact) mass is 499 g/mol. The lowest BCUT2D eigenvalue weighted by atomic mass is 10.0. The Morgan fingerprint density at radius 2 is 2.07 bits per heavy atom. The summed E-state index contributed by atoms with van der Waals surface area (Å²) < 4.78 is 27.1. The number of benzene rings is 1. The van der Waals surface area contributed by atoms with Gasteiger partial charge in [-0.15, -0.1) is 4.99 Å². The summed E-state index contributed by atoms with van der Waals surface area (Å²) in [7, 11) is -3.72. The third-order valence-corrected chi connectivity index (χ3v) is 4.59. The lowest BCUT2D eigenvalue weighted by Crippen LogP contribution is -2.32. The first kappa shape index (κ1) is 25.2. The number of alkyl halides is 1. The topological polar surface area (TPSA) is 169 Å². The lowest BCUT2D eigenvalue weighted by Gasteiger charge is -2.26. The second kappa shape index (κ2) is 12.0. The van der Waals surface area contributed by atoms with Gasteiger partial charge in [-0.25, -0.2) is 10.7 Å². The molecule has 164 valence electrons. The second-order valence-electron chi connectivity index (χ2n) is 5.79. The van der Waals surface area contributed by atoms with Crippen molar-refractivity contribution in [2.45, 2.75) is 12.8 Å². The van der Waals surface area contributed by atoms with Crippen LogP contribution in [0.1, 0.15) is 23.2 Å². The fraction of sp³-hybridized carbons (Fsp3) is 0.533. The molecule has 0 fully saturated rings. The van der Waals surface area contributed by atoms with E-state index < -0.39 is 26.5 Å². The number of aliphatic hydroxyl groups excluding tert-OH is 1. The van der Waals surface area contributed by atoms with Crippen molar-refractivity contribution in [3.8, 4) is 0 Å². The van der Waals surface area contributed by atoms with Gasteiger partial charge < -0.3 is 10.0 Å². The molecule has 0 atom stereocenters. The molecular weight excluding hydrogens is 478 g/mol. The van der Waals surface area contributed by atoms with Crippen LogP contribution in [0.15, 0.2) is 12.1 Å². The highest BCUT2D eigenvalue weighted by Gasteiger charge is 2.28. The summed E-state index contributed by atoms with van der Waals surface area (Å²) in [6.45, 7) is -0.373. The van der Waals surface area contributed by atoms with Gasteiger partial charge in [0.1, 0.15) is 5.69 Å². The van der Waals surface area contributed by atoms with Crippen LogP contribution in [-0.2, 0) is 19.3 Å². The molecule has 3 N–H and O–H groups in total. The third kappa shape index (κ3) is 8.20. The summed E-state index contributed by atoms with van der Waals surface area (Å²) in [6, 6.07) is 2.32. The highest BCUT2D eigenvalue weighted by Crippen LogP contribution is 2.36. The molecule has 0 aliphatic heterocycles. The number of anilines is 2. The molecule has 0 aliphatic carbocycles. The molecule has 0 heterocycles. The largest absolute Gasteiger partial charge is 0.396 e. The fourth-order valence-electron chi connectivity index (χ4n) is 2.53. The van der Waals surface area contributed by atoms with E-state index in [1.165, 1.54) is 11.0 Å². The lowest BCUT2D eigenvalue weighted by molar-refractivity contribution is -0.384. The van der Waals surface area contributed by atoms with Crippen molar-refractivity contribution in [3.63, 3.8) is 0 Å². The molecule has 0 saturated carbocycles. The smallest absolute Gasteiger partial charge is 0.295 e. The number of nitrogens with one attached hydrogen (secondary N) is 1. The SMILES string of the molecule is CS(=O)(=O)OCCN(CCBr)c1c(C(=O)CCCO)cc(NOO)cc1[N+](=O)[O-]. The van der Waals surface area contributed by atoms with E-state index in [-0.39, 0.29) is 56.1 Å². The summed E-state index contributed by atoms with van der Waals surface area (Å²) >= 11 is 3.23. The summed E-state index contributed by atoms with van der Waals surface area (Å²) in [6.07, 6.45) is 0.950. The standard InChI is InChI=1S/C15H22BrN3O9S/c1-29(25,26)27-8-6-18(5-4-16)15-12(14(21)3-2-7-20)9-11(17-28-24)10-13(15)19(22)23/h9-10,17,20,24H,2-8H2,1H3. The number of nitro benzene ring substituents is 1. The zero-order valence-corrected chi connectivity index (χ0v) is 17.9. The van der Waals surface area contributed by atoms with Gasteiger partial charge in [0, 0.05) is 37.5 Å². The van der Waals surface area contributed by atoms with Crippen molar-refractivity contribution in [2.24, 2.45) is 0 Å². The predicted molar refractivity (Wildman–Crippen MR) is 108 cm³/mol. The van der Waals surface area contributed by atoms with Crippen molar-refractivity contribution in [3.05, 3.63) is 27.8 Å². The van der Waals surface area contributed by atoms with Crippen LogP contribution in [0.25, 0.3) is 0 Å². The normalized spacial score (nSPS) is 11.3. The van der Waals surface area contributed by atoms with Crippen molar-refractivity contribution < 1.29 is 37.7 Å². The molecule has 0 amide bonds. The Hall–Kier alpha value is -1.84. The minimum atomic E-state index is -3.72. The van der Waals surface area contributed by atoms with E-state index in [0.29, 0.717) is 5.33 Å². The predicted octanol–water partition coefficient (Wildman–Crippen LogP) is 1.54. The van der Waals surface area contributed by atoms with Gasteiger partial charge in [0.25, 0.3) is 15.8 Å². The Morgan fingerprint density at radius 1 is 1.38 bits per heavy atom. The first-order valence-electron chi connectivity index (χ1n) is 8.32. The van der Waals surface area contributed by atoms with Crippen LogP contribution in [0.4, 0.5) is 17.1 Å². The molecule has 0 radical (unpaired) electrons. The highest BCUT2D eigenvalue weighted by atomic mass is 79.9. The number of hydrogen-bond acceptors (Lipinski definition) is 11. The van der Waals surface area contributed by atoms with Crippen LogP contribution >= 0.6 is 15.9 Å². The Labute approximate surface area is 175 Å². The number of rotatable bonds is 14. The molecule has 14 heteroatoms. The first-order valence-corrected chi connectivity index (χ1v) is 11.3. The van der Waals surface area contributed by atoms with Gasteiger partial charge in [0.2, 0.25) is 0 Å². The second-order valence-corrected chi connectivity index (χ2v) is 8.23. The Morgan fingerprint density at radius 3 is 2.59 bits per heavy atom. The molecule has 0 saturated heterocycles. The van der Waals surface area contributed by atoms with Crippen molar-refractivity contribution >= 4 is 48.9 Å². The zero-order chi connectivity index (χ0) is 22.0. The average Bonchev–Trinajstić information content (AvgIpc) is 2.64. The van der Waals surface area contributed by atoms with Crippen molar-refractivity contribution in [1.82, 2.24) is 0 Å². The van der Waals surface area contributed by atoms with Crippen LogP contribution in [0.3, 0.4) is 0 Å². The third-order valence-electron chi connectivity index (χ3n) is 3.64. The van der Waals surface area contributed by atoms with Crippen molar-refractivity contribution in [2.75, 3.05) is 48.3 Å². The van der Waals surface area contributed by atoms with E-state index in [2.05, 4.69) is 20.9 Å². The van der Waals surface area contributed by atoms with Crippen LogP contribution in [0.2, 0.25) is 0 Å². The minimum Gasteiger partial charge on any atom is -0.396 e. The van der Waals surface area contributed by atoms with Crippen molar-refractivity contribution in [1.29, 1.82) is 0 Å². The van der Waals surface area contributed by atoms with E-state index in [1.54, 1.807) is 0 Å². The maximum atomic E-state index is 12.7. The summed E-state index contributed by atoms with van der Waals surface area (Å²) in [4.78, 5) is 28.9. The molecule has 1 aromatic rings. The molecule has 0 unspecified atom stereocenters. The van der Waals surface area contributed by atoms with Gasteiger partial charge in [-0.3, -0.25) is 19.1 Å². The summed E-state index contributed by atoms with van der Waals surface area (Å²) in [5, 5.41) is 29.6. The van der Waals surface area contributed by atoms with E-state index in [0.717, 1.165) is 12.3 Å². The number of carbonyl (C=O) groups is 1. The number of nitro groups is 1. The maximum Gasteiger partial charge on any atom is 0.295 e. The van der Waals surface area contributed by atoms with Gasteiger partial charge in [-0.1, -0.05) is 15.9 Å². The van der Waals surface area contributed by atoms with Crippen LogP contribution in [-0.4, -0.2) is 67.4 Å². The quantitative estimate of drug-likeness (QED) is 0.0846. The molecule has 0 bridgehead atoms. The summed E-state index contributed by atoms with van der Waals surface area (Å²) in [5.41, 5.74) is 1.46. The zero-order valence-electron chi connectivity index (χ0n) is 15.5. The highest BCUT2D eigenvalue weighted by molar-refractivity contribution is 9.09. The summed E-state index contributed by atoms with van der Waals surface area (Å²) in [5.74, 6) is -0.484. The molecule has 0 spiro atoms. The van der Waals surface area contributed by atoms with E-state index in [4.69, 9.17) is 14.5 Å². The van der Waals surface area contributed by atoms with Crippen LogP contribution in [0.5, 0.6) is 0 Å².